The molecule has 7 heteroatoms. The number of halogens is 1. The standard InChI is InChI=1S/C29H28ClN3O3/c1-35-24-13-9-19(10-14-24)17-21-5-3-8-26-27(21)32-33(28(26)20-11-15-25(36-2)16-12-20)29(34)31-23-7-4-6-22(30)18-23/h4,6-7,9-18,26,28H,3,5,8H2,1-2H3,(H,31,34)/b21-17-/t26-,28-/m1/s1. The Hall–Kier alpha value is -3.77. The molecule has 5 rings (SSSR count). The van der Waals surface area contributed by atoms with Gasteiger partial charge in [0.05, 0.1) is 26.0 Å². The average Bonchev–Trinajstić information content (AvgIpc) is 3.30. The summed E-state index contributed by atoms with van der Waals surface area (Å²) in [5, 5.41) is 10.0. The molecular formula is C29H28ClN3O3. The van der Waals surface area contributed by atoms with Crippen molar-refractivity contribution in [2.45, 2.75) is 25.3 Å². The van der Waals surface area contributed by atoms with Crippen LogP contribution in [-0.2, 0) is 0 Å². The van der Waals surface area contributed by atoms with Gasteiger partial charge in [-0.1, -0.05) is 41.9 Å². The first-order valence-corrected chi connectivity index (χ1v) is 12.4. The second-order valence-electron chi connectivity index (χ2n) is 8.93. The fraction of sp³-hybridized carbons (Fsp3) is 0.241. The van der Waals surface area contributed by atoms with Crippen molar-refractivity contribution in [3.05, 3.63) is 94.5 Å². The molecule has 0 saturated heterocycles. The van der Waals surface area contributed by atoms with Crippen LogP contribution in [0.1, 0.15) is 36.4 Å². The molecule has 0 spiro atoms. The summed E-state index contributed by atoms with van der Waals surface area (Å²) in [6, 6.07) is 22.5. The first-order valence-electron chi connectivity index (χ1n) is 12.0. The number of urea groups is 1. The van der Waals surface area contributed by atoms with Crippen LogP contribution in [0.3, 0.4) is 0 Å². The highest BCUT2D eigenvalue weighted by molar-refractivity contribution is 6.30. The van der Waals surface area contributed by atoms with Gasteiger partial charge in [0.2, 0.25) is 0 Å². The largest absolute Gasteiger partial charge is 0.497 e. The maximum absolute atomic E-state index is 13.5. The molecule has 3 aromatic carbocycles. The SMILES string of the molecule is COc1ccc(/C=C2/CCC[C@@H]3C2=NN(C(=O)Nc2cccc(Cl)c2)[C@@H]3c2ccc(OC)cc2)cc1. The number of carbonyl (C=O) groups is 1. The highest BCUT2D eigenvalue weighted by atomic mass is 35.5. The van der Waals surface area contributed by atoms with E-state index in [1.54, 1.807) is 31.4 Å². The summed E-state index contributed by atoms with van der Waals surface area (Å²) in [5.41, 5.74) is 4.86. The van der Waals surface area contributed by atoms with Gasteiger partial charge in [-0.3, -0.25) is 0 Å². The Morgan fingerprint density at radius 2 is 1.72 bits per heavy atom. The average molecular weight is 502 g/mol. The molecule has 0 radical (unpaired) electrons. The van der Waals surface area contributed by atoms with Crippen LogP contribution < -0.4 is 14.8 Å². The molecule has 2 atom stereocenters. The van der Waals surface area contributed by atoms with E-state index in [1.165, 1.54) is 0 Å². The zero-order valence-electron chi connectivity index (χ0n) is 20.3. The summed E-state index contributed by atoms with van der Waals surface area (Å²) in [6.45, 7) is 0. The molecule has 2 amide bonds. The molecule has 1 N–H and O–H groups in total. The van der Waals surface area contributed by atoms with Crippen molar-refractivity contribution in [2.75, 3.05) is 19.5 Å². The van der Waals surface area contributed by atoms with Crippen LogP contribution in [0.25, 0.3) is 6.08 Å². The summed E-state index contributed by atoms with van der Waals surface area (Å²) in [7, 11) is 3.31. The van der Waals surface area contributed by atoms with Crippen molar-refractivity contribution < 1.29 is 14.3 Å². The minimum absolute atomic E-state index is 0.0988. The zero-order valence-corrected chi connectivity index (χ0v) is 21.0. The monoisotopic (exact) mass is 501 g/mol. The van der Waals surface area contributed by atoms with Crippen LogP contribution >= 0.6 is 11.6 Å². The maximum Gasteiger partial charge on any atom is 0.342 e. The molecular weight excluding hydrogens is 474 g/mol. The van der Waals surface area contributed by atoms with Crippen LogP contribution in [0, 0.1) is 5.92 Å². The topological polar surface area (TPSA) is 63.2 Å². The molecule has 1 fully saturated rings. The number of hydrazone groups is 1. The van der Waals surface area contributed by atoms with Gasteiger partial charge in [0.1, 0.15) is 11.5 Å². The molecule has 0 unspecified atom stereocenters. The maximum atomic E-state index is 13.5. The van der Waals surface area contributed by atoms with Gasteiger partial charge in [-0.05, 0) is 84.5 Å². The third-order valence-corrected chi connectivity index (χ3v) is 6.93. The number of allylic oxidation sites excluding steroid dienone is 1. The van der Waals surface area contributed by atoms with Crippen molar-refractivity contribution >= 4 is 35.1 Å². The zero-order chi connectivity index (χ0) is 25.1. The third kappa shape index (κ3) is 4.95. The Bertz CT molecular complexity index is 1300. The first kappa shape index (κ1) is 23.9. The Labute approximate surface area is 216 Å². The molecule has 1 aliphatic heterocycles. The fourth-order valence-corrected chi connectivity index (χ4v) is 5.14. The normalized spacial score (nSPS) is 20.0. The lowest BCUT2D eigenvalue weighted by molar-refractivity contribution is 0.188. The molecule has 2 aliphatic rings. The molecule has 0 bridgehead atoms. The van der Waals surface area contributed by atoms with E-state index >= 15 is 0 Å². The minimum Gasteiger partial charge on any atom is -0.497 e. The van der Waals surface area contributed by atoms with E-state index in [2.05, 4.69) is 11.4 Å². The number of anilines is 1. The number of hydrogen-bond donors (Lipinski definition) is 1. The van der Waals surface area contributed by atoms with Crippen molar-refractivity contribution in [3.8, 4) is 11.5 Å². The Morgan fingerprint density at radius 1 is 1.03 bits per heavy atom. The van der Waals surface area contributed by atoms with Crippen molar-refractivity contribution in [3.63, 3.8) is 0 Å². The van der Waals surface area contributed by atoms with E-state index < -0.39 is 0 Å². The van der Waals surface area contributed by atoms with E-state index in [4.69, 9.17) is 26.2 Å². The molecule has 3 aromatic rings. The van der Waals surface area contributed by atoms with Crippen LogP contribution in [0.2, 0.25) is 5.02 Å². The van der Waals surface area contributed by atoms with Gasteiger partial charge in [-0.25, -0.2) is 9.80 Å². The van der Waals surface area contributed by atoms with Crippen LogP contribution in [0.5, 0.6) is 11.5 Å². The smallest absolute Gasteiger partial charge is 0.342 e. The highest BCUT2D eigenvalue weighted by Crippen LogP contribution is 2.45. The second-order valence-corrected chi connectivity index (χ2v) is 9.37. The lowest BCUT2D eigenvalue weighted by atomic mass is 9.77. The van der Waals surface area contributed by atoms with E-state index in [0.29, 0.717) is 10.7 Å². The summed E-state index contributed by atoms with van der Waals surface area (Å²) in [5.74, 6) is 1.69. The van der Waals surface area contributed by atoms with Crippen LogP contribution in [0.15, 0.2) is 83.5 Å². The third-order valence-electron chi connectivity index (χ3n) is 6.70. The summed E-state index contributed by atoms with van der Waals surface area (Å²) < 4.78 is 10.6. The Kier molecular flexibility index (Phi) is 6.96. The Morgan fingerprint density at radius 3 is 2.39 bits per heavy atom. The molecule has 0 aromatic heterocycles. The number of carbonyl (C=O) groups excluding carboxylic acids is 1. The predicted octanol–water partition coefficient (Wildman–Crippen LogP) is 7.19. The number of hydrogen-bond acceptors (Lipinski definition) is 4. The fourth-order valence-electron chi connectivity index (χ4n) is 4.95. The number of methoxy groups -OCH3 is 2. The van der Waals surface area contributed by atoms with E-state index in [0.717, 1.165) is 53.2 Å². The first-order chi connectivity index (χ1) is 17.6. The van der Waals surface area contributed by atoms with Gasteiger partial charge in [-0.15, -0.1) is 0 Å². The summed E-state index contributed by atoms with van der Waals surface area (Å²) >= 11 is 6.14. The van der Waals surface area contributed by atoms with Crippen LogP contribution in [-0.4, -0.2) is 31.0 Å². The molecule has 1 aliphatic carbocycles. The predicted molar refractivity (Wildman–Crippen MR) is 144 cm³/mol. The molecule has 36 heavy (non-hydrogen) atoms. The number of fused-ring (bicyclic) bond motifs is 1. The number of rotatable bonds is 5. The van der Waals surface area contributed by atoms with Gasteiger partial charge in [0.25, 0.3) is 0 Å². The van der Waals surface area contributed by atoms with Gasteiger partial charge in [0, 0.05) is 16.6 Å². The quantitative estimate of drug-likeness (QED) is 0.402. The van der Waals surface area contributed by atoms with Gasteiger partial charge >= 0.3 is 6.03 Å². The van der Waals surface area contributed by atoms with Crippen molar-refractivity contribution in [2.24, 2.45) is 11.0 Å². The number of ether oxygens (including phenoxy) is 2. The van der Waals surface area contributed by atoms with Crippen molar-refractivity contribution in [1.82, 2.24) is 5.01 Å². The van der Waals surface area contributed by atoms with E-state index in [-0.39, 0.29) is 18.0 Å². The molecule has 1 heterocycles. The summed E-state index contributed by atoms with van der Waals surface area (Å²) in [6.07, 6.45) is 5.08. The molecule has 184 valence electrons. The number of amides is 2. The molecule has 6 nitrogen and oxygen atoms in total. The van der Waals surface area contributed by atoms with Crippen molar-refractivity contribution in [1.29, 1.82) is 0 Å². The lowest BCUT2D eigenvalue weighted by Gasteiger charge is -2.29. The number of nitrogens with zero attached hydrogens (tertiary/aromatic N) is 2. The van der Waals surface area contributed by atoms with E-state index in [9.17, 15) is 4.79 Å². The minimum atomic E-state index is -0.288. The van der Waals surface area contributed by atoms with Crippen LogP contribution in [0.4, 0.5) is 10.5 Å². The lowest BCUT2D eigenvalue weighted by Crippen LogP contribution is -2.34. The van der Waals surface area contributed by atoms with E-state index in [1.807, 2.05) is 60.7 Å². The summed E-state index contributed by atoms with van der Waals surface area (Å²) in [4.78, 5) is 13.5. The molecule has 1 saturated carbocycles. The Balaban J connectivity index is 1.51. The van der Waals surface area contributed by atoms with Gasteiger partial charge in [0.15, 0.2) is 0 Å². The van der Waals surface area contributed by atoms with Gasteiger partial charge < -0.3 is 14.8 Å². The highest BCUT2D eigenvalue weighted by Gasteiger charge is 2.43. The number of benzene rings is 3. The van der Waals surface area contributed by atoms with Gasteiger partial charge in [-0.2, -0.15) is 5.10 Å². The number of nitrogens with one attached hydrogen (secondary N) is 1. The second kappa shape index (κ2) is 10.5.